The highest BCUT2D eigenvalue weighted by Gasteiger charge is 2.49. The number of amides is 3. The molecule has 1 unspecified atom stereocenters. The Morgan fingerprint density at radius 1 is 0.968 bits per heavy atom. The van der Waals surface area contributed by atoms with Crippen molar-refractivity contribution in [2.75, 3.05) is 20.8 Å². The number of Topliss-reactive ketones (excluding diaryl/α,β-unsaturated/α-hetero) is 1. The first-order valence-corrected chi connectivity index (χ1v) is 9.76. The van der Waals surface area contributed by atoms with Crippen molar-refractivity contribution in [1.82, 2.24) is 10.2 Å². The summed E-state index contributed by atoms with van der Waals surface area (Å²) in [5.74, 6) is -0.0414. The minimum absolute atomic E-state index is 0.267. The second-order valence-corrected chi connectivity index (χ2v) is 7.50. The Bertz CT molecular complexity index is 1210. The number of imide groups is 1. The Kier molecular flexibility index (Phi) is 5.10. The maximum atomic E-state index is 13.2. The molecule has 1 aliphatic rings. The molecule has 0 saturated carbocycles. The van der Waals surface area contributed by atoms with Crippen LogP contribution < -0.4 is 14.8 Å². The first kappa shape index (κ1) is 20.4. The zero-order valence-corrected chi connectivity index (χ0v) is 17.5. The molecular formula is C24H22N2O5. The second-order valence-electron chi connectivity index (χ2n) is 7.50. The van der Waals surface area contributed by atoms with E-state index in [1.165, 1.54) is 14.2 Å². The molecule has 3 aromatic carbocycles. The van der Waals surface area contributed by atoms with Crippen LogP contribution in [0.3, 0.4) is 0 Å². The molecule has 0 bridgehead atoms. The molecule has 0 spiro atoms. The maximum Gasteiger partial charge on any atom is 0.325 e. The number of nitrogens with one attached hydrogen (secondary N) is 1. The fourth-order valence-electron chi connectivity index (χ4n) is 3.79. The van der Waals surface area contributed by atoms with Gasteiger partial charge in [0, 0.05) is 6.07 Å². The molecule has 1 heterocycles. The fraction of sp³-hybridized carbons (Fsp3) is 0.208. The summed E-state index contributed by atoms with van der Waals surface area (Å²) >= 11 is 0. The Morgan fingerprint density at radius 2 is 1.71 bits per heavy atom. The van der Waals surface area contributed by atoms with Crippen LogP contribution in [0.1, 0.15) is 22.8 Å². The van der Waals surface area contributed by atoms with Crippen LogP contribution in [0.2, 0.25) is 0 Å². The SMILES string of the molecule is COc1ccc(C(=O)CN2C(=O)NC(C)(c3ccc4ccccc4c3)C2=O)c(OC)c1. The molecule has 3 amide bonds. The van der Waals surface area contributed by atoms with Crippen molar-refractivity contribution in [3.63, 3.8) is 0 Å². The number of methoxy groups -OCH3 is 2. The largest absolute Gasteiger partial charge is 0.497 e. The lowest BCUT2D eigenvalue weighted by Gasteiger charge is -2.22. The summed E-state index contributed by atoms with van der Waals surface area (Å²) in [6, 6.07) is 17.5. The van der Waals surface area contributed by atoms with E-state index in [1.54, 1.807) is 25.1 Å². The number of hydrogen-bond donors (Lipinski definition) is 1. The van der Waals surface area contributed by atoms with Gasteiger partial charge < -0.3 is 14.8 Å². The number of hydrogen-bond acceptors (Lipinski definition) is 5. The van der Waals surface area contributed by atoms with Gasteiger partial charge in [0.2, 0.25) is 0 Å². The Labute approximate surface area is 179 Å². The summed E-state index contributed by atoms with van der Waals surface area (Å²) in [5.41, 5.74) is -0.337. The number of nitrogens with zero attached hydrogens (tertiary/aromatic N) is 1. The lowest BCUT2D eigenvalue weighted by atomic mass is 9.90. The maximum absolute atomic E-state index is 13.2. The predicted molar refractivity (Wildman–Crippen MR) is 115 cm³/mol. The molecule has 31 heavy (non-hydrogen) atoms. The number of benzene rings is 3. The van der Waals surface area contributed by atoms with Gasteiger partial charge in [-0.25, -0.2) is 4.79 Å². The van der Waals surface area contributed by atoms with E-state index < -0.39 is 29.8 Å². The lowest BCUT2D eigenvalue weighted by Crippen LogP contribution is -2.41. The molecule has 1 aliphatic heterocycles. The number of ketones is 1. The van der Waals surface area contributed by atoms with Crippen molar-refractivity contribution >= 4 is 28.5 Å². The third-order valence-electron chi connectivity index (χ3n) is 5.61. The van der Waals surface area contributed by atoms with Crippen LogP contribution in [0.4, 0.5) is 4.79 Å². The van der Waals surface area contributed by atoms with Crippen molar-refractivity contribution in [2.45, 2.75) is 12.5 Å². The van der Waals surface area contributed by atoms with Crippen LogP contribution in [-0.4, -0.2) is 43.4 Å². The van der Waals surface area contributed by atoms with Crippen molar-refractivity contribution in [3.8, 4) is 11.5 Å². The van der Waals surface area contributed by atoms with E-state index in [1.807, 2.05) is 42.5 Å². The van der Waals surface area contributed by atoms with Crippen LogP contribution >= 0.6 is 0 Å². The molecular weight excluding hydrogens is 396 g/mol. The summed E-state index contributed by atoms with van der Waals surface area (Å²) in [6.07, 6.45) is 0. The standard InChI is InChI=1S/C24H22N2O5/c1-24(17-9-8-15-6-4-5-7-16(15)12-17)22(28)26(23(29)25-24)14-20(27)19-11-10-18(30-2)13-21(19)31-3/h4-13H,14H2,1-3H3,(H,25,29). The minimum Gasteiger partial charge on any atom is -0.497 e. The molecule has 3 aromatic rings. The smallest absolute Gasteiger partial charge is 0.325 e. The summed E-state index contributed by atoms with van der Waals surface area (Å²) in [7, 11) is 2.95. The normalized spacial score (nSPS) is 18.2. The first-order valence-electron chi connectivity index (χ1n) is 9.76. The van der Waals surface area contributed by atoms with Gasteiger partial charge in [0.25, 0.3) is 5.91 Å². The van der Waals surface area contributed by atoms with Crippen LogP contribution in [0, 0.1) is 0 Å². The lowest BCUT2D eigenvalue weighted by molar-refractivity contribution is -0.130. The van der Waals surface area contributed by atoms with Gasteiger partial charge in [-0.05, 0) is 41.5 Å². The molecule has 0 aliphatic carbocycles. The highest BCUT2D eigenvalue weighted by molar-refractivity contribution is 6.12. The molecule has 1 atom stereocenters. The average Bonchev–Trinajstić information content (AvgIpc) is 3.01. The highest BCUT2D eigenvalue weighted by atomic mass is 16.5. The second kappa shape index (κ2) is 7.75. The van der Waals surface area contributed by atoms with Crippen LogP contribution in [0.25, 0.3) is 10.8 Å². The van der Waals surface area contributed by atoms with Crippen LogP contribution in [0.15, 0.2) is 60.7 Å². The number of rotatable bonds is 6. The quantitative estimate of drug-likeness (QED) is 0.489. The van der Waals surface area contributed by atoms with E-state index in [-0.39, 0.29) is 5.56 Å². The Morgan fingerprint density at radius 3 is 2.42 bits per heavy atom. The molecule has 7 nitrogen and oxygen atoms in total. The molecule has 4 rings (SSSR count). The fourth-order valence-corrected chi connectivity index (χ4v) is 3.79. The molecule has 158 valence electrons. The van der Waals surface area contributed by atoms with Crippen molar-refractivity contribution < 1.29 is 23.9 Å². The molecule has 7 heteroatoms. The van der Waals surface area contributed by atoms with E-state index in [4.69, 9.17) is 9.47 Å². The first-order chi connectivity index (χ1) is 14.9. The van der Waals surface area contributed by atoms with Gasteiger partial charge in [-0.3, -0.25) is 14.5 Å². The zero-order chi connectivity index (χ0) is 22.2. The van der Waals surface area contributed by atoms with Crippen LogP contribution in [-0.2, 0) is 10.3 Å². The van der Waals surface area contributed by atoms with Gasteiger partial charge in [-0.15, -0.1) is 0 Å². The zero-order valence-electron chi connectivity index (χ0n) is 17.5. The summed E-state index contributed by atoms with van der Waals surface area (Å²) in [5, 5.41) is 4.74. The average molecular weight is 418 g/mol. The van der Waals surface area contributed by atoms with Gasteiger partial charge >= 0.3 is 6.03 Å². The minimum atomic E-state index is -1.26. The van der Waals surface area contributed by atoms with Gasteiger partial charge in [-0.1, -0.05) is 36.4 Å². The topological polar surface area (TPSA) is 84.9 Å². The summed E-state index contributed by atoms with van der Waals surface area (Å²) in [6.45, 7) is 1.26. The van der Waals surface area contributed by atoms with E-state index in [0.29, 0.717) is 17.1 Å². The summed E-state index contributed by atoms with van der Waals surface area (Å²) in [4.78, 5) is 39.7. The van der Waals surface area contributed by atoms with E-state index in [2.05, 4.69) is 5.32 Å². The third kappa shape index (κ3) is 3.48. The van der Waals surface area contributed by atoms with Crippen molar-refractivity contribution in [3.05, 3.63) is 71.8 Å². The van der Waals surface area contributed by atoms with Crippen molar-refractivity contribution in [1.29, 1.82) is 0 Å². The van der Waals surface area contributed by atoms with Crippen molar-refractivity contribution in [2.24, 2.45) is 0 Å². The number of ether oxygens (including phenoxy) is 2. The Balaban J connectivity index is 1.61. The predicted octanol–water partition coefficient (Wildman–Crippen LogP) is 3.51. The number of carbonyl (C=O) groups excluding carboxylic acids is 3. The van der Waals surface area contributed by atoms with Gasteiger partial charge in [0.05, 0.1) is 26.3 Å². The molecule has 1 N–H and O–H groups in total. The molecule has 1 fully saturated rings. The highest BCUT2D eigenvalue weighted by Crippen LogP contribution is 2.32. The monoisotopic (exact) mass is 418 g/mol. The van der Waals surface area contributed by atoms with Gasteiger partial charge in [0.15, 0.2) is 5.78 Å². The third-order valence-corrected chi connectivity index (χ3v) is 5.61. The van der Waals surface area contributed by atoms with E-state index in [0.717, 1.165) is 15.7 Å². The van der Waals surface area contributed by atoms with Gasteiger partial charge in [0.1, 0.15) is 17.0 Å². The van der Waals surface area contributed by atoms with Crippen LogP contribution in [0.5, 0.6) is 11.5 Å². The Hall–Kier alpha value is -3.87. The number of fused-ring (bicyclic) bond motifs is 1. The van der Waals surface area contributed by atoms with E-state index >= 15 is 0 Å². The number of carbonyl (C=O) groups is 3. The van der Waals surface area contributed by atoms with E-state index in [9.17, 15) is 14.4 Å². The number of urea groups is 1. The molecule has 0 aromatic heterocycles. The molecule has 1 saturated heterocycles. The summed E-state index contributed by atoms with van der Waals surface area (Å²) < 4.78 is 10.4. The van der Waals surface area contributed by atoms with Gasteiger partial charge in [-0.2, -0.15) is 0 Å². The molecule has 0 radical (unpaired) electrons.